The van der Waals surface area contributed by atoms with E-state index >= 15 is 0 Å². The van der Waals surface area contributed by atoms with Crippen LogP contribution in [0.3, 0.4) is 0 Å². The Morgan fingerprint density at radius 1 is 1.38 bits per heavy atom. The van der Waals surface area contributed by atoms with Crippen molar-refractivity contribution >= 4 is 21.8 Å². The number of hydrogen-bond donors (Lipinski definition) is 1. The van der Waals surface area contributed by atoms with Gasteiger partial charge in [0, 0.05) is 25.7 Å². The van der Waals surface area contributed by atoms with Crippen molar-refractivity contribution in [3.8, 4) is 0 Å². The molecule has 2 rings (SSSR count). The number of morpholine rings is 1. The molecule has 0 spiro atoms. The van der Waals surface area contributed by atoms with Crippen molar-refractivity contribution in [1.82, 2.24) is 10.2 Å². The summed E-state index contributed by atoms with van der Waals surface area (Å²) in [5.41, 5.74) is 0. The molecule has 21 heavy (non-hydrogen) atoms. The molecule has 0 radical (unpaired) electrons. The lowest BCUT2D eigenvalue weighted by Gasteiger charge is -2.35. The number of rotatable bonds is 6. The highest BCUT2D eigenvalue weighted by atomic mass is 79.9. The zero-order valence-electron chi connectivity index (χ0n) is 12.6. The highest BCUT2D eigenvalue weighted by molar-refractivity contribution is 9.10. The van der Waals surface area contributed by atoms with Crippen molar-refractivity contribution < 1.29 is 13.9 Å². The minimum Gasteiger partial charge on any atom is -0.444 e. The van der Waals surface area contributed by atoms with Crippen molar-refractivity contribution in [1.29, 1.82) is 0 Å². The monoisotopic (exact) mass is 358 g/mol. The van der Waals surface area contributed by atoms with E-state index in [2.05, 4.69) is 40.0 Å². The van der Waals surface area contributed by atoms with Crippen LogP contribution in [0.2, 0.25) is 0 Å². The number of nitrogens with zero attached hydrogens (tertiary/aromatic N) is 1. The van der Waals surface area contributed by atoms with Gasteiger partial charge < -0.3 is 14.5 Å². The minimum atomic E-state index is -0.164. The number of halogens is 1. The third-order valence-electron chi connectivity index (χ3n) is 3.60. The fourth-order valence-corrected chi connectivity index (χ4v) is 2.89. The SMILES string of the molecule is CC(C)CC(CNC(=O)c1ccc(Br)o1)N1CCOCC1. The summed E-state index contributed by atoms with van der Waals surface area (Å²) in [6.45, 7) is 8.45. The first kappa shape index (κ1) is 16.5. The van der Waals surface area contributed by atoms with E-state index in [1.165, 1.54) is 0 Å². The van der Waals surface area contributed by atoms with Crippen LogP contribution in [0.4, 0.5) is 0 Å². The van der Waals surface area contributed by atoms with Gasteiger partial charge in [-0.2, -0.15) is 0 Å². The van der Waals surface area contributed by atoms with E-state index in [1.54, 1.807) is 12.1 Å². The number of furan rings is 1. The highest BCUT2D eigenvalue weighted by Crippen LogP contribution is 2.15. The molecule has 5 nitrogen and oxygen atoms in total. The molecule has 1 unspecified atom stereocenters. The summed E-state index contributed by atoms with van der Waals surface area (Å²) in [6.07, 6.45) is 1.06. The molecule has 1 saturated heterocycles. The van der Waals surface area contributed by atoms with Crippen LogP contribution < -0.4 is 5.32 Å². The molecule has 1 N–H and O–H groups in total. The van der Waals surface area contributed by atoms with E-state index in [1.807, 2.05) is 0 Å². The van der Waals surface area contributed by atoms with Crippen LogP contribution in [0.5, 0.6) is 0 Å². The molecule has 1 aliphatic heterocycles. The second-order valence-electron chi connectivity index (χ2n) is 5.75. The molecule has 0 aromatic carbocycles. The Labute approximate surface area is 134 Å². The van der Waals surface area contributed by atoms with Crippen LogP contribution in [0.25, 0.3) is 0 Å². The first-order valence-corrected chi connectivity index (χ1v) is 8.21. The average Bonchev–Trinajstić information content (AvgIpc) is 2.90. The lowest BCUT2D eigenvalue weighted by atomic mass is 10.0. The van der Waals surface area contributed by atoms with E-state index in [0.717, 1.165) is 32.7 Å². The smallest absolute Gasteiger partial charge is 0.287 e. The van der Waals surface area contributed by atoms with Gasteiger partial charge in [0.25, 0.3) is 5.91 Å². The van der Waals surface area contributed by atoms with Gasteiger partial charge >= 0.3 is 0 Å². The van der Waals surface area contributed by atoms with Crippen LogP contribution in [0.1, 0.15) is 30.8 Å². The van der Waals surface area contributed by atoms with E-state index < -0.39 is 0 Å². The first-order valence-electron chi connectivity index (χ1n) is 7.41. The van der Waals surface area contributed by atoms with Crippen molar-refractivity contribution in [2.75, 3.05) is 32.8 Å². The predicted octanol–water partition coefficient (Wildman–Crippen LogP) is 2.52. The zero-order chi connectivity index (χ0) is 15.2. The molecule has 0 aliphatic carbocycles. The quantitative estimate of drug-likeness (QED) is 0.848. The van der Waals surface area contributed by atoms with Gasteiger partial charge in [0.1, 0.15) is 0 Å². The van der Waals surface area contributed by atoms with Gasteiger partial charge in [0.15, 0.2) is 10.4 Å². The Hall–Kier alpha value is -0.850. The number of nitrogens with one attached hydrogen (secondary N) is 1. The second kappa shape index (κ2) is 7.96. The molecule has 1 aromatic rings. The first-order chi connectivity index (χ1) is 10.1. The maximum atomic E-state index is 12.1. The fourth-order valence-electron chi connectivity index (χ4n) is 2.58. The molecule has 6 heteroatoms. The molecule has 118 valence electrons. The summed E-state index contributed by atoms with van der Waals surface area (Å²) >= 11 is 3.21. The van der Waals surface area contributed by atoms with E-state index in [0.29, 0.717) is 28.9 Å². The number of carbonyl (C=O) groups excluding carboxylic acids is 1. The van der Waals surface area contributed by atoms with Crippen molar-refractivity contribution in [3.05, 3.63) is 22.6 Å². The zero-order valence-corrected chi connectivity index (χ0v) is 14.2. The molecule has 1 aromatic heterocycles. The molecular formula is C15H23BrN2O3. The topological polar surface area (TPSA) is 54.7 Å². The third kappa shape index (κ3) is 5.13. The van der Waals surface area contributed by atoms with Crippen LogP contribution >= 0.6 is 15.9 Å². The normalized spacial score (nSPS) is 17.9. The predicted molar refractivity (Wildman–Crippen MR) is 84.4 cm³/mol. The number of carbonyl (C=O) groups is 1. The van der Waals surface area contributed by atoms with Crippen molar-refractivity contribution in [3.63, 3.8) is 0 Å². The maximum Gasteiger partial charge on any atom is 0.287 e. The Kier molecular flexibility index (Phi) is 6.26. The maximum absolute atomic E-state index is 12.1. The van der Waals surface area contributed by atoms with Crippen LogP contribution in [-0.4, -0.2) is 49.7 Å². The van der Waals surface area contributed by atoms with E-state index in [4.69, 9.17) is 9.15 Å². The Balaban J connectivity index is 1.90. The van der Waals surface area contributed by atoms with Crippen LogP contribution in [-0.2, 0) is 4.74 Å². The minimum absolute atomic E-state index is 0.164. The summed E-state index contributed by atoms with van der Waals surface area (Å²) in [5.74, 6) is 0.766. The Morgan fingerprint density at radius 3 is 2.67 bits per heavy atom. The molecule has 0 bridgehead atoms. The Bertz CT molecular complexity index is 456. The number of hydrogen-bond acceptors (Lipinski definition) is 4. The lowest BCUT2D eigenvalue weighted by Crippen LogP contribution is -2.49. The summed E-state index contributed by atoms with van der Waals surface area (Å²) in [5, 5.41) is 2.98. The van der Waals surface area contributed by atoms with Gasteiger partial charge in [-0.3, -0.25) is 9.69 Å². The standard InChI is InChI=1S/C15H23BrN2O3/c1-11(2)9-12(18-5-7-20-8-6-18)10-17-15(19)13-3-4-14(16)21-13/h3-4,11-12H,5-10H2,1-2H3,(H,17,19). The summed E-state index contributed by atoms with van der Waals surface area (Å²) in [6, 6.07) is 3.74. The van der Waals surface area contributed by atoms with E-state index in [9.17, 15) is 4.79 Å². The summed E-state index contributed by atoms with van der Waals surface area (Å²) in [4.78, 5) is 14.5. The lowest BCUT2D eigenvalue weighted by molar-refractivity contribution is 0.0124. The molecule has 1 amide bonds. The molecule has 1 aliphatic rings. The van der Waals surface area contributed by atoms with Gasteiger partial charge in [0.05, 0.1) is 13.2 Å². The summed E-state index contributed by atoms with van der Waals surface area (Å²) < 4.78 is 11.2. The van der Waals surface area contributed by atoms with Gasteiger partial charge in [-0.15, -0.1) is 0 Å². The second-order valence-corrected chi connectivity index (χ2v) is 6.53. The van der Waals surface area contributed by atoms with Crippen molar-refractivity contribution in [2.45, 2.75) is 26.3 Å². The molecule has 0 saturated carbocycles. The van der Waals surface area contributed by atoms with Crippen LogP contribution in [0.15, 0.2) is 21.2 Å². The van der Waals surface area contributed by atoms with Crippen LogP contribution in [0, 0.1) is 5.92 Å². The highest BCUT2D eigenvalue weighted by Gasteiger charge is 2.23. The number of ether oxygens (including phenoxy) is 1. The van der Waals surface area contributed by atoms with Gasteiger partial charge in [-0.05, 0) is 40.4 Å². The largest absolute Gasteiger partial charge is 0.444 e. The van der Waals surface area contributed by atoms with Gasteiger partial charge in [0.2, 0.25) is 0 Å². The van der Waals surface area contributed by atoms with Gasteiger partial charge in [-0.1, -0.05) is 13.8 Å². The van der Waals surface area contributed by atoms with E-state index in [-0.39, 0.29) is 5.91 Å². The molecule has 1 atom stereocenters. The number of amides is 1. The van der Waals surface area contributed by atoms with Crippen molar-refractivity contribution in [2.24, 2.45) is 5.92 Å². The summed E-state index contributed by atoms with van der Waals surface area (Å²) in [7, 11) is 0. The average molecular weight is 359 g/mol. The molecular weight excluding hydrogens is 336 g/mol. The molecule has 1 fully saturated rings. The third-order valence-corrected chi connectivity index (χ3v) is 4.03. The fraction of sp³-hybridized carbons (Fsp3) is 0.667. The van der Waals surface area contributed by atoms with Gasteiger partial charge in [-0.25, -0.2) is 0 Å². The molecule has 2 heterocycles. The Morgan fingerprint density at radius 2 is 2.10 bits per heavy atom.